The third kappa shape index (κ3) is 1.67. The van der Waals surface area contributed by atoms with Crippen LogP contribution in [0.4, 0.5) is 5.95 Å². The van der Waals surface area contributed by atoms with Crippen LogP contribution in [0.15, 0.2) is 22.9 Å². The van der Waals surface area contributed by atoms with E-state index in [1.807, 2.05) is 29.8 Å². The van der Waals surface area contributed by atoms with Gasteiger partial charge in [-0.15, -0.1) is 0 Å². The Kier molecular flexibility index (Phi) is 1.98. The number of rotatable bonds is 1. The van der Waals surface area contributed by atoms with Crippen LogP contribution in [-0.2, 0) is 0 Å². The number of thiophene rings is 1. The van der Waals surface area contributed by atoms with Gasteiger partial charge < -0.3 is 5.73 Å². The average Bonchev–Trinajstić information content (AvgIpc) is 2.53. The van der Waals surface area contributed by atoms with Crippen LogP contribution in [-0.4, -0.2) is 9.97 Å². The molecule has 0 aliphatic carbocycles. The lowest BCUT2D eigenvalue weighted by atomic mass is 10.2. The number of nitrogen functional groups attached to an aromatic ring is 1. The van der Waals surface area contributed by atoms with Crippen LogP contribution >= 0.6 is 11.3 Å². The van der Waals surface area contributed by atoms with Crippen molar-refractivity contribution >= 4 is 17.3 Å². The van der Waals surface area contributed by atoms with E-state index < -0.39 is 0 Å². The molecule has 2 heterocycles. The number of hydrogen-bond acceptors (Lipinski definition) is 4. The van der Waals surface area contributed by atoms with Crippen molar-refractivity contribution in [3.8, 4) is 11.3 Å². The van der Waals surface area contributed by atoms with Crippen molar-refractivity contribution in [1.29, 1.82) is 0 Å². The van der Waals surface area contributed by atoms with Crippen molar-refractivity contribution in [1.82, 2.24) is 9.97 Å². The predicted molar refractivity (Wildman–Crippen MR) is 54.5 cm³/mol. The zero-order chi connectivity index (χ0) is 9.26. The van der Waals surface area contributed by atoms with Gasteiger partial charge in [-0.1, -0.05) is 0 Å². The van der Waals surface area contributed by atoms with Gasteiger partial charge in [0.15, 0.2) is 0 Å². The molecule has 0 unspecified atom stereocenters. The van der Waals surface area contributed by atoms with E-state index in [-0.39, 0.29) is 0 Å². The molecular weight excluding hydrogens is 182 g/mol. The van der Waals surface area contributed by atoms with Crippen molar-refractivity contribution in [2.24, 2.45) is 0 Å². The third-order valence-electron chi connectivity index (χ3n) is 1.69. The minimum atomic E-state index is 0.334. The Hall–Kier alpha value is -1.42. The Balaban J connectivity index is 2.53. The van der Waals surface area contributed by atoms with Gasteiger partial charge in [-0.3, -0.25) is 0 Å². The van der Waals surface area contributed by atoms with Gasteiger partial charge in [-0.2, -0.15) is 11.3 Å². The first-order valence-corrected chi connectivity index (χ1v) is 4.84. The molecule has 0 saturated carbocycles. The molecule has 4 heteroatoms. The molecule has 0 bridgehead atoms. The van der Waals surface area contributed by atoms with Crippen LogP contribution in [0.25, 0.3) is 11.3 Å². The largest absolute Gasteiger partial charge is 0.368 e. The lowest BCUT2D eigenvalue weighted by molar-refractivity contribution is 1.12. The molecule has 2 aromatic rings. The van der Waals surface area contributed by atoms with E-state index in [0.29, 0.717) is 5.95 Å². The molecule has 0 spiro atoms. The molecule has 3 nitrogen and oxygen atoms in total. The zero-order valence-electron chi connectivity index (χ0n) is 7.19. The van der Waals surface area contributed by atoms with Crippen LogP contribution in [0.1, 0.15) is 5.69 Å². The number of anilines is 1. The molecule has 0 amide bonds. The Bertz CT molecular complexity index is 389. The number of aromatic nitrogens is 2. The highest BCUT2D eigenvalue weighted by molar-refractivity contribution is 7.08. The Morgan fingerprint density at radius 2 is 2.23 bits per heavy atom. The highest BCUT2D eigenvalue weighted by Gasteiger charge is 2.01. The third-order valence-corrected chi connectivity index (χ3v) is 2.37. The van der Waals surface area contributed by atoms with Crippen LogP contribution in [0.5, 0.6) is 0 Å². The summed E-state index contributed by atoms with van der Waals surface area (Å²) >= 11 is 1.64. The van der Waals surface area contributed by atoms with Gasteiger partial charge in [-0.05, 0) is 24.4 Å². The van der Waals surface area contributed by atoms with Gasteiger partial charge in [0.1, 0.15) is 0 Å². The summed E-state index contributed by atoms with van der Waals surface area (Å²) in [5.74, 6) is 0.334. The zero-order valence-corrected chi connectivity index (χ0v) is 8.01. The summed E-state index contributed by atoms with van der Waals surface area (Å²) in [7, 11) is 0. The van der Waals surface area contributed by atoms with E-state index in [1.54, 1.807) is 11.3 Å². The van der Waals surface area contributed by atoms with Crippen molar-refractivity contribution in [3.63, 3.8) is 0 Å². The molecule has 0 atom stereocenters. The molecule has 2 N–H and O–H groups in total. The molecule has 0 aliphatic heterocycles. The van der Waals surface area contributed by atoms with Crippen molar-refractivity contribution < 1.29 is 0 Å². The number of hydrogen-bond donors (Lipinski definition) is 1. The summed E-state index contributed by atoms with van der Waals surface area (Å²) in [5, 5.41) is 4.06. The summed E-state index contributed by atoms with van der Waals surface area (Å²) in [6, 6.07) is 3.95. The predicted octanol–water partition coefficient (Wildman–Crippen LogP) is 2.10. The molecular formula is C9H9N3S. The van der Waals surface area contributed by atoms with E-state index in [9.17, 15) is 0 Å². The molecule has 0 radical (unpaired) electrons. The maximum atomic E-state index is 5.55. The summed E-state index contributed by atoms with van der Waals surface area (Å²) in [6.45, 7) is 1.91. The second-order valence-electron chi connectivity index (χ2n) is 2.76. The quantitative estimate of drug-likeness (QED) is 0.751. The molecule has 0 aromatic carbocycles. The van der Waals surface area contributed by atoms with E-state index in [2.05, 4.69) is 9.97 Å². The SMILES string of the molecule is Cc1cc(-c2ccsc2)nc(N)n1. The van der Waals surface area contributed by atoms with Gasteiger partial charge in [0.05, 0.1) is 5.69 Å². The van der Waals surface area contributed by atoms with Gasteiger partial charge in [0.2, 0.25) is 5.95 Å². The molecule has 0 saturated heterocycles. The fourth-order valence-electron chi connectivity index (χ4n) is 1.15. The second-order valence-corrected chi connectivity index (χ2v) is 3.54. The van der Waals surface area contributed by atoms with E-state index in [1.165, 1.54) is 0 Å². The summed E-state index contributed by atoms with van der Waals surface area (Å²) < 4.78 is 0. The van der Waals surface area contributed by atoms with E-state index in [0.717, 1.165) is 17.0 Å². The van der Waals surface area contributed by atoms with Gasteiger partial charge in [0.25, 0.3) is 0 Å². The highest BCUT2D eigenvalue weighted by atomic mass is 32.1. The molecule has 2 aromatic heterocycles. The monoisotopic (exact) mass is 191 g/mol. The molecule has 2 rings (SSSR count). The molecule has 0 fully saturated rings. The van der Waals surface area contributed by atoms with Crippen molar-refractivity contribution in [2.75, 3.05) is 5.73 Å². The van der Waals surface area contributed by atoms with Crippen LogP contribution in [0.2, 0.25) is 0 Å². The van der Waals surface area contributed by atoms with Crippen molar-refractivity contribution in [2.45, 2.75) is 6.92 Å². The second kappa shape index (κ2) is 3.14. The maximum absolute atomic E-state index is 5.55. The Labute approximate surface area is 80.3 Å². The molecule has 13 heavy (non-hydrogen) atoms. The minimum absolute atomic E-state index is 0.334. The van der Waals surface area contributed by atoms with E-state index >= 15 is 0 Å². The number of nitrogens with two attached hydrogens (primary N) is 1. The summed E-state index contributed by atoms with van der Waals surface area (Å²) in [5.41, 5.74) is 8.44. The number of nitrogens with zero attached hydrogens (tertiary/aromatic N) is 2. The lowest BCUT2D eigenvalue weighted by Gasteiger charge is -1.99. The van der Waals surface area contributed by atoms with Crippen LogP contribution < -0.4 is 5.73 Å². The Morgan fingerprint density at radius 3 is 2.85 bits per heavy atom. The molecule has 0 aliphatic rings. The smallest absolute Gasteiger partial charge is 0.220 e. The topological polar surface area (TPSA) is 51.8 Å². The first-order chi connectivity index (χ1) is 6.25. The average molecular weight is 191 g/mol. The first kappa shape index (κ1) is 8.19. The van der Waals surface area contributed by atoms with E-state index in [4.69, 9.17) is 5.73 Å². The fourth-order valence-corrected chi connectivity index (χ4v) is 1.80. The molecule has 66 valence electrons. The van der Waals surface area contributed by atoms with Crippen LogP contribution in [0.3, 0.4) is 0 Å². The maximum Gasteiger partial charge on any atom is 0.220 e. The lowest BCUT2D eigenvalue weighted by Crippen LogP contribution is -1.97. The van der Waals surface area contributed by atoms with Gasteiger partial charge in [-0.25, -0.2) is 9.97 Å². The van der Waals surface area contributed by atoms with Crippen LogP contribution in [0, 0.1) is 6.92 Å². The summed E-state index contributed by atoms with van der Waals surface area (Å²) in [4.78, 5) is 8.16. The fraction of sp³-hybridized carbons (Fsp3) is 0.111. The van der Waals surface area contributed by atoms with Gasteiger partial charge >= 0.3 is 0 Å². The van der Waals surface area contributed by atoms with Gasteiger partial charge in [0, 0.05) is 16.6 Å². The standard InChI is InChI=1S/C9H9N3S/c1-6-4-8(12-9(10)11-6)7-2-3-13-5-7/h2-5H,1H3,(H2,10,11,12). The number of aryl methyl sites for hydroxylation is 1. The highest BCUT2D eigenvalue weighted by Crippen LogP contribution is 2.20. The minimum Gasteiger partial charge on any atom is -0.368 e. The van der Waals surface area contributed by atoms with Crippen molar-refractivity contribution in [3.05, 3.63) is 28.6 Å². The Morgan fingerprint density at radius 1 is 1.38 bits per heavy atom. The first-order valence-electron chi connectivity index (χ1n) is 3.89. The normalized spacial score (nSPS) is 10.2. The summed E-state index contributed by atoms with van der Waals surface area (Å²) in [6.07, 6.45) is 0.